The van der Waals surface area contributed by atoms with Crippen LogP contribution in [0, 0.1) is 5.92 Å². The molecule has 1 aliphatic carbocycles. The molecule has 16 heavy (non-hydrogen) atoms. The van der Waals surface area contributed by atoms with Crippen molar-refractivity contribution in [2.24, 2.45) is 5.92 Å². The van der Waals surface area contributed by atoms with Gasteiger partial charge in [-0.1, -0.05) is 19.3 Å². The second-order valence-corrected chi connectivity index (χ2v) is 4.45. The van der Waals surface area contributed by atoms with Gasteiger partial charge in [-0.25, -0.2) is 0 Å². The number of aromatic nitrogens is 1. The molecule has 0 spiro atoms. The van der Waals surface area contributed by atoms with Crippen molar-refractivity contribution in [3.05, 3.63) is 24.0 Å². The van der Waals surface area contributed by atoms with Gasteiger partial charge in [-0.05, 0) is 25.5 Å². The number of hydrogen-bond donors (Lipinski definition) is 1. The first-order valence-electron chi connectivity index (χ1n) is 6.10. The molecule has 1 N–H and O–H groups in total. The SMILES string of the molecule is CNCc1cnccc1OCCC1CCC1. The van der Waals surface area contributed by atoms with Crippen LogP contribution in [0.1, 0.15) is 31.2 Å². The van der Waals surface area contributed by atoms with Crippen molar-refractivity contribution >= 4 is 0 Å². The number of ether oxygens (including phenoxy) is 1. The summed E-state index contributed by atoms with van der Waals surface area (Å²) in [7, 11) is 1.94. The van der Waals surface area contributed by atoms with E-state index < -0.39 is 0 Å². The molecule has 1 saturated carbocycles. The van der Waals surface area contributed by atoms with Crippen LogP contribution in [0.15, 0.2) is 18.5 Å². The van der Waals surface area contributed by atoms with Gasteiger partial charge in [0.05, 0.1) is 6.61 Å². The molecule has 1 aliphatic rings. The zero-order valence-corrected chi connectivity index (χ0v) is 9.91. The largest absolute Gasteiger partial charge is 0.493 e. The van der Waals surface area contributed by atoms with Gasteiger partial charge in [-0.3, -0.25) is 4.98 Å². The second kappa shape index (κ2) is 5.85. The summed E-state index contributed by atoms with van der Waals surface area (Å²) < 4.78 is 5.82. The topological polar surface area (TPSA) is 34.2 Å². The lowest BCUT2D eigenvalue weighted by molar-refractivity contribution is 0.220. The van der Waals surface area contributed by atoms with Crippen molar-refractivity contribution in [3.8, 4) is 5.75 Å². The molecule has 0 bridgehead atoms. The first-order chi connectivity index (χ1) is 7.90. The Bertz CT molecular complexity index is 323. The van der Waals surface area contributed by atoms with Crippen LogP contribution < -0.4 is 10.1 Å². The van der Waals surface area contributed by atoms with Crippen LogP contribution in [0.5, 0.6) is 5.75 Å². The summed E-state index contributed by atoms with van der Waals surface area (Å²) in [4.78, 5) is 4.11. The van der Waals surface area contributed by atoms with Crippen molar-refractivity contribution in [1.82, 2.24) is 10.3 Å². The molecule has 1 aromatic rings. The Morgan fingerprint density at radius 1 is 1.50 bits per heavy atom. The predicted molar refractivity (Wildman–Crippen MR) is 64.5 cm³/mol. The number of pyridine rings is 1. The first-order valence-corrected chi connectivity index (χ1v) is 6.10. The summed E-state index contributed by atoms with van der Waals surface area (Å²) in [6.07, 6.45) is 9.05. The van der Waals surface area contributed by atoms with E-state index >= 15 is 0 Å². The van der Waals surface area contributed by atoms with Crippen LogP contribution in [-0.4, -0.2) is 18.6 Å². The predicted octanol–water partition coefficient (Wildman–Crippen LogP) is 2.37. The molecule has 0 aliphatic heterocycles. The lowest BCUT2D eigenvalue weighted by Crippen LogP contribution is -2.15. The molecule has 1 fully saturated rings. The van der Waals surface area contributed by atoms with Crippen molar-refractivity contribution in [2.45, 2.75) is 32.2 Å². The lowest BCUT2D eigenvalue weighted by atomic mass is 9.83. The van der Waals surface area contributed by atoms with E-state index in [1.165, 1.54) is 25.7 Å². The van der Waals surface area contributed by atoms with Gasteiger partial charge in [-0.2, -0.15) is 0 Å². The highest BCUT2D eigenvalue weighted by Gasteiger charge is 2.17. The van der Waals surface area contributed by atoms with Gasteiger partial charge >= 0.3 is 0 Å². The van der Waals surface area contributed by atoms with Gasteiger partial charge < -0.3 is 10.1 Å². The molecule has 0 saturated heterocycles. The number of rotatable bonds is 6. The summed E-state index contributed by atoms with van der Waals surface area (Å²) in [6.45, 7) is 1.65. The van der Waals surface area contributed by atoms with Crippen LogP contribution >= 0.6 is 0 Å². The van der Waals surface area contributed by atoms with Gasteiger partial charge in [0.25, 0.3) is 0 Å². The maximum absolute atomic E-state index is 5.82. The highest BCUT2D eigenvalue weighted by Crippen LogP contribution is 2.29. The highest BCUT2D eigenvalue weighted by molar-refractivity contribution is 5.29. The van der Waals surface area contributed by atoms with E-state index in [9.17, 15) is 0 Å². The van der Waals surface area contributed by atoms with Gasteiger partial charge in [0.15, 0.2) is 0 Å². The molecule has 0 amide bonds. The fraction of sp³-hybridized carbons (Fsp3) is 0.615. The Hall–Kier alpha value is -1.09. The Morgan fingerprint density at radius 3 is 3.06 bits per heavy atom. The molecule has 0 radical (unpaired) electrons. The van der Waals surface area contributed by atoms with E-state index in [1.807, 2.05) is 19.3 Å². The van der Waals surface area contributed by atoms with Crippen molar-refractivity contribution < 1.29 is 4.74 Å². The third-order valence-corrected chi connectivity index (χ3v) is 3.23. The van der Waals surface area contributed by atoms with E-state index in [1.54, 1.807) is 6.20 Å². The van der Waals surface area contributed by atoms with Crippen LogP contribution in [0.4, 0.5) is 0 Å². The molecule has 0 aromatic carbocycles. The normalized spacial score (nSPS) is 15.8. The van der Waals surface area contributed by atoms with Crippen LogP contribution in [0.25, 0.3) is 0 Å². The van der Waals surface area contributed by atoms with E-state index in [0.29, 0.717) is 0 Å². The van der Waals surface area contributed by atoms with E-state index in [-0.39, 0.29) is 0 Å². The zero-order valence-electron chi connectivity index (χ0n) is 9.91. The summed E-state index contributed by atoms with van der Waals surface area (Å²) in [5.74, 6) is 1.89. The number of nitrogens with zero attached hydrogens (tertiary/aromatic N) is 1. The maximum atomic E-state index is 5.82. The Kier molecular flexibility index (Phi) is 4.17. The highest BCUT2D eigenvalue weighted by atomic mass is 16.5. The first kappa shape index (κ1) is 11.4. The summed E-state index contributed by atoms with van der Waals surface area (Å²) in [5.41, 5.74) is 1.14. The van der Waals surface area contributed by atoms with Gasteiger partial charge in [0, 0.05) is 24.5 Å². The minimum absolute atomic E-state index is 0.812. The minimum atomic E-state index is 0.812. The molecule has 3 nitrogen and oxygen atoms in total. The number of nitrogens with one attached hydrogen (secondary N) is 1. The minimum Gasteiger partial charge on any atom is -0.493 e. The Labute approximate surface area is 97.2 Å². The summed E-state index contributed by atoms with van der Waals surface area (Å²) >= 11 is 0. The van der Waals surface area contributed by atoms with Crippen LogP contribution in [-0.2, 0) is 6.54 Å². The third kappa shape index (κ3) is 2.95. The van der Waals surface area contributed by atoms with Gasteiger partial charge in [0.2, 0.25) is 0 Å². The van der Waals surface area contributed by atoms with Crippen molar-refractivity contribution in [2.75, 3.05) is 13.7 Å². The fourth-order valence-electron chi connectivity index (χ4n) is 2.00. The molecule has 88 valence electrons. The molecule has 3 heteroatoms. The quantitative estimate of drug-likeness (QED) is 0.799. The number of hydrogen-bond acceptors (Lipinski definition) is 3. The average molecular weight is 220 g/mol. The van der Waals surface area contributed by atoms with Gasteiger partial charge in [0.1, 0.15) is 5.75 Å². The van der Waals surface area contributed by atoms with Crippen molar-refractivity contribution in [3.63, 3.8) is 0 Å². The summed E-state index contributed by atoms with van der Waals surface area (Å²) in [5, 5.41) is 3.13. The molecule has 2 rings (SSSR count). The van der Waals surface area contributed by atoms with E-state index in [0.717, 1.165) is 30.4 Å². The average Bonchev–Trinajstić information content (AvgIpc) is 2.24. The molecule has 0 unspecified atom stereocenters. The smallest absolute Gasteiger partial charge is 0.126 e. The van der Waals surface area contributed by atoms with E-state index in [4.69, 9.17) is 4.74 Å². The fourth-order valence-corrected chi connectivity index (χ4v) is 2.00. The van der Waals surface area contributed by atoms with Gasteiger partial charge in [-0.15, -0.1) is 0 Å². The van der Waals surface area contributed by atoms with Crippen LogP contribution in [0.2, 0.25) is 0 Å². The maximum Gasteiger partial charge on any atom is 0.126 e. The molecule has 0 atom stereocenters. The third-order valence-electron chi connectivity index (χ3n) is 3.23. The molecular weight excluding hydrogens is 200 g/mol. The van der Waals surface area contributed by atoms with Crippen LogP contribution in [0.3, 0.4) is 0 Å². The molecule has 1 heterocycles. The zero-order chi connectivity index (χ0) is 11.2. The lowest BCUT2D eigenvalue weighted by Gasteiger charge is -2.25. The van der Waals surface area contributed by atoms with Crippen molar-refractivity contribution in [1.29, 1.82) is 0 Å². The second-order valence-electron chi connectivity index (χ2n) is 4.45. The molecular formula is C13H20N2O. The van der Waals surface area contributed by atoms with E-state index in [2.05, 4.69) is 10.3 Å². The Balaban J connectivity index is 1.82. The standard InChI is InChI=1S/C13H20N2O/c1-14-9-12-10-15-7-5-13(12)16-8-6-11-3-2-4-11/h5,7,10-11,14H,2-4,6,8-9H2,1H3. The Morgan fingerprint density at radius 2 is 2.38 bits per heavy atom. The molecule has 1 aromatic heterocycles. The summed E-state index contributed by atoms with van der Waals surface area (Å²) in [6, 6.07) is 1.95. The monoisotopic (exact) mass is 220 g/mol.